The highest BCUT2D eigenvalue weighted by Gasteiger charge is 2.32. The Morgan fingerprint density at radius 1 is 1.33 bits per heavy atom. The fourth-order valence-corrected chi connectivity index (χ4v) is 4.30. The molecule has 9 heteroatoms. The van der Waals surface area contributed by atoms with Gasteiger partial charge in [-0.1, -0.05) is 43.9 Å². The zero-order valence-electron chi connectivity index (χ0n) is 17.4. The fourth-order valence-electron chi connectivity index (χ4n) is 3.05. The van der Waals surface area contributed by atoms with Crippen molar-refractivity contribution >= 4 is 51.7 Å². The highest BCUT2D eigenvalue weighted by atomic mass is 32.2. The maximum Gasteiger partial charge on any atom is 0.267 e. The van der Waals surface area contributed by atoms with Crippen molar-refractivity contribution < 1.29 is 9.53 Å². The van der Waals surface area contributed by atoms with E-state index in [4.69, 9.17) is 17.0 Å². The minimum Gasteiger partial charge on any atom is -0.382 e. The Kier molecular flexibility index (Phi) is 7.63. The number of amides is 1. The number of nitrogens with one attached hydrogen (secondary N) is 1. The summed E-state index contributed by atoms with van der Waals surface area (Å²) in [5, 5.41) is 3.23. The van der Waals surface area contributed by atoms with Gasteiger partial charge in [0.2, 0.25) is 0 Å². The zero-order valence-corrected chi connectivity index (χ0v) is 19.0. The van der Waals surface area contributed by atoms with Crippen molar-refractivity contribution in [2.45, 2.75) is 27.2 Å². The molecule has 2 aromatic rings. The molecule has 1 saturated heterocycles. The van der Waals surface area contributed by atoms with Crippen molar-refractivity contribution in [3.63, 3.8) is 0 Å². The molecule has 0 atom stereocenters. The van der Waals surface area contributed by atoms with E-state index >= 15 is 0 Å². The van der Waals surface area contributed by atoms with E-state index in [-0.39, 0.29) is 11.5 Å². The van der Waals surface area contributed by atoms with E-state index in [2.05, 4.69) is 10.3 Å². The van der Waals surface area contributed by atoms with Gasteiger partial charge in [-0.3, -0.25) is 18.9 Å². The minimum atomic E-state index is -0.234. The van der Waals surface area contributed by atoms with Crippen molar-refractivity contribution in [1.29, 1.82) is 0 Å². The van der Waals surface area contributed by atoms with Gasteiger partial charge >= 0.3 is 0 Å². The SMILES string of the molecule is CCOCCCNc1nc2ccccn2c(=O)c1C=C1SC(=S)N(CC(C)C)C1=O. The average Bonchev–Trinajstić information content (AvgIpc) is 2.97. The third-order valence-electron chi connectivity index (χ3n) is 4.43. The molecule has 1 aliphatic rings. The summed E-state index contributed by atoms with van der Waals surface area (Å²) in [7, 11) is 0. The highest BCUT2D eigenvalue weighted by molar-refractivity contribution is 8.26. The third-order valence-corrected chi connectivity index (χ3v) is 5.81. The minimum absolute atomic E-state index is 0.168. The van der Waals surface area contributed by atoms with Crippen LogP contribution < -0.4 is 10.9 Å². The summed E-state index contributed by atoms with van der Waals surface area (Å²) in [6.45, 7) is 8.47. The number of hydrogen-bond acceptors (Lipinski definition) is 7. The molecule has 0 saturated carbocycles. The van der Waals surface area contributed by atoms with Crippen LogP contribution in [0, 0.1) is 5.92 Å². The molecule has 1 N–H and O–H groups in total. The molecule has 0 unspecified atom stereocenters. The van der Waals surface area contributed by atoms with Crippen molar-refractivity contribution in [3.05, 3.63) is 45.2 Å². The van der Waals surface area contributed by atoms with Crippen LogP contribution in [0.3, 0.4) is 0 Å². The highest BCUT2D eigenvalue weighted by Crippen LogP contribution is 2.33. The molecular weight excluding hydrogens is 420 g/mol. The van der Waals surface area contributed by atoms with Gasteiger partial charge in [0, 0.05) is 32.5 Å². The second-order valence-electron chi connectivity index (χ2n) is 7.27. The van der Waals surface area contributed by atoms with Gasteiger partial charge in [-0.25, -0.2) is 4.98 Å². The van der Waals surface area contributed by atoms with Gasteiger partial charge in [0.1, 0.15) is 15.8 Å². The first-order chi connectivity index (χ1) is 14.4. The number of rotatable bonds is 9. The lowest BCUT2D eigenvalue weighted by molar-refractivity contribution is -0.122. The van der Waals surface area contributed by atoms with Gasteiger partial charge in [-0.2, -0.15) is 0 Å². The molecule has 0 bridgehead atoms. The standard InChI is InChI=1S/C21H26N4O3S2/c1-4-28-11-7-9-22-18-15(19(26)24-10-6-5-8-17(24)23-18)12-16-20(27)25(13-14(2)3)21(29)30-16/h5-6,8,10,12,14,22H,4,7,9,11,13H2,1-3H3. The van der Waals surface area contributed by atoms with E-state index in [0.29, 0.717) is 58.5 Å². The van der Waals surface area contributed by atoms with E-state index in [1.54, 1.807) is 29.3 Å². The first-order valence-electron chi connectivity index (χ1n) is 10.0. The van der Waals surface area contributed by atoms with Crippen LogP contribution in [0.4, 0.5) is 5.82 Å². The van der Waals surface area contributed by atoms with Gasteiger partial charge in [0.15, 0.2) is 0 Å². The number of nitrogens with zero attached hydrogens (tertiary/aromatic N) is 3. The third kappa shape index (κ3) is 5.08. The summed E-state index contributed by atoms with van der Waals surface area (Å²) in [5.41, 5.74) is 0.654. The summed E-state index contributed by atoms with van der Waals surface area (Å²) >= 11 is 6.60. The van der Waals surface area contributed by atoms with E-state index in [1.165, 1.54) is 16.2 Å². The summed E-state index contributed by atoms with van der Waals surface area (Å²) in [4.78, 5) is 32.7. The lowest BCUT2D eigenvalue weighted by atomic mass is 10.2. The van der Waals surface area contributed by atoms with Crippen LogP contribution >= 0.6 is 24.0 Å². The van der Waals surface area contributed by atoms with Gasteiger partial charge in [-0.15, -0.1) is 0 Å². The molecule has 1 fully saturated rings. The lowest BCUT2D eigenvalue weighted by Crippen LogP contribution is -2.31. The molecular formula is C21H26N4O3S2. The first kappa shape index (κ1) is 22.5. The number of hydrogen-bond donors (Lipinski definition) is 1. The van der Waals surface area contributed by atoms with Gasteiger partial charge in [0.25, 0.3) is 11.5 Å². The van der Waals surface area contributed by atoms with Crippen LogP contribution in [-0.4, -0.2) is 50.8 Å². The number of ether oxygens (including phenoxy) is 1. The number of thiocarbonyl (C=S) groups is 1. The second kappa shape index (κ2) is 10.2. The predicted octanol–water partition coefficient (Wildman–Crippen LogP) is 3.39. The number of anilines is 1. The number of fused-ring (bicyclic) bond motifs is 1. The Balaban J connectivity index is 1.97. The summed E-state index contributed by atoms with van der Waals surface area (Å²) in [6, 6.07) is 5.38. The van der Waals surface area contributed by atoms with E-state index < -0.39 is 0 Å². The Hall–Kier alpha value is -2.23. The van der Waals surface area contributed by atoms with Crippen molar-refractivity contribution in [2.75, 3.05) is 31.6 Å². The van der Waals surface area contributed by atoms with Gasteiger partial charge in [0.05, 0.1) is 10.5 Å². The molecule has 0 aliphatic carbocycles. The fraction of sp³-hybridized carbons (Fsp3) is 0.429. The Bertz CT molecular complexity index is 1030. The van der Waals surface area contributed by atoms with Crippen LogP contribution in [0.1, 0.15) is 32.8 Å². The maximum atomic E-state index is 13.2. The van der Waals surface area contributed by atoms with Crippen molar-refractivity contribution in [2.24, 2.45) is 5.92 Å². The van der Waals surface area contributed by atoms with Gasteiger partial charge in [-0.05, 0) is 37.5 Å². The quantitative estimate of drug-likeness (QED) is 0.359. The summed E-state index contributed by atoms with van der Waals surface area (Å²) in [6.07, 6.45) is 4.06. The number of carbonyl (C=O) groups is 1. The van der Waals surface area contributed by atoms with Crippen molar-refractivity contribution in [1.82, 2.24) is 14.3 Å². The first-order valence-corrected chi connectivity index (χ1v) is 11.2. The maximum absolute atomic E-state index is 13.2. The molecule has 0 aromatic carbocycles. The molecule has 2 aromatic heterocycles. The molecule has 30 heavy (non-hydrogen) atoms. The monoisotopic (exact) mass is 446 g/mol. The molecule has 1 aliphatic heterocycles. The van der Waals surface area contributed by atoms with E-state index in [1.807, 2.05) is 26.8 Å². The van der Waals surface area contributed by atoms with Crippen LogP contribution in [0.25, 0.3) is 11.7 Å². The smallest absolute Gasteiger partial charge is 0.267 e. The Morgan fingerprint density at radius 2 is 2.13 bits per heavy atom. The van der Waals surface area contributed by atoms with E-state index in [9.17, 15) is 9.59 Å². The van der Waals surface area contributed by atoms with E-state index in [0.717, 1.165) is 6.42 Å². The molecule has 3 heterocycles. The summed E-state index contributed by atoms with van der Waals surface area (Å²) < 4.78 is 7.36. The normalized spacial score (nSPS) is 15.7. The lowest BCUT2D eigenvalue weighted by Gasteiger charge is -2.16. The number of pyridine rings is 1. The number of carbonyl (C=O) groups excluding carboxylic acids is 1. The predicted molar refractivity (Wildman–Crippen MR) is 126 cm³/mol. The molecule has 0 radical (unpaired) electrons. The van der Waals surface area contributed by atoms with Gasteiger partial charge < -0.3 is 10.1 Å². The topological polar surface area (TPSA) is 75.9 Å². The largest absolute Gasteiger partial charge is 0.382 e. The number of aromatic nitrogens is 2. The van der Waals surface area contributed by atoms with Crippen LogP contribution in [-0.2, 0) is 9.53 Å². The number of thioether (sulfide) groups is 1. The Labute approximate surface area is 185 Å². The Morgan fingerprint density at radius 3 is 2.87 bits per heavy atom. The van der Waals surface area contributed by atoms with Crippen LogP contribution in [0.2, 0.25) is 0 Å². The van der Waals surface area contributed by atoms with Crippen LogP contribution in [0.15, 0.2) is 34.1 Å². The molecule has 3 rings (SSSR count). The summed E-state index contributed by atoms with van der Waals surface area (Å²) in [5.74, 6) is 0.581. The second-order valence-corrected chi connectivity index (χ2v) is 8.95. The molecule has 0 spiro atoms. The zero-order chi connectivity index (χ0) is 21.7. The van der Waals surface area contributed by atoms with Crippen molar-refractivity contribution in [3.8, 4) is 0 Å². The molecule has 1 amide bonds. The molecule has 160 valence electrons. The average molecular weight is 447 g/mol. The molecule has 7 nitrogen and oxygen atoms in total. The van der Waals surface area contributed by atoms with Crippen LogP contribution in [0.5, 0.6) is 0 Å².